The topological polar surface area (TPSA) is 208 Å². The molecule has 2 aromatic carbocycles. The highest BCUT2D eigenvalue weighted by molar-refractivity contribution is 5.94. The summed E-state index contributed by atoms with van der Waals surface area (Å²) < 4.78 is 0. The number of aliphatic carboxylic acids is 2. The minimum Gasteiger partial charge on any atom is -0.508 e. The van der Waals surface area contributed by atoms with Crippen LogP contribution in [0.3, 0.4) is 0 Å². The fraction of sp³-hybridized carbons (Fsp3) is 0.346. The summed E-state index contributed by atoms with van der Waals surface area (Å²) >= 11 is 0. The van der Waals surface area contributed by atoms with Gasteiger partial charge in [-0.1, -0.05) is 42.5 Å². The van der Waals surface area contributed by atoms with E-state index in [0.717, 1.165) is 0 Å². The van der Waals surface area contributed by atoms with Crippen LogP contribution in [0.1, 0.15) is 30.9 Å². The van der Waals surface area contributed by atoms with E-state index in [0.29, 0.717) is 11.1 Å². The van der Waals surface area contributed by atoms with Crippen LogP contribution in [0.25, 0.3) is 0 Å². The highest BCUT2D eigenvalue weighted by Crippen LogP contribution is 2.11. The number of benzene rings is 2. The summed E-state index contributed by atoms with van der Waals surface area (Å²) in [6.07, 6.45) is -0.634. The first-order valence-electron chi connectivity index (χ1n) is 11.9. The molecule has 204 valence electrons. The molecule has 0 aliphatic carbocycles. The predicted molar refractivity (Wildman–Crippen MR) is 136 cm³/mol. The van der Waals surface area contributed by atoms with E-state index < -0.39 is 60.2 Å². The number of nitrogens with two attached hydrogens (primary N) is 1. The smallest absolute Gasteiger partial charge is 0.326 e. The van der Waals surface area contributed by atoms with Crippen molar-refractivity contribution in [2.75, 3.05) is 0 Å². The number of phenolic OH excluding ortho intramolecular Hbond substituents is 1. The van der Waals surface area contributed by atoms with Crippen LogP contribution in [0.5, 0.6) is 5.75 Å². The van der Waals surface area contributed by atoms with E-state index in [2.05, 4.69) is 16.0 Å². The monoisotopic (exact) mass is 528 g/mol. The molecule has 2 rings (SSSR count). The number of carbonyl (C=O) groups excluding carboxylic acids is 3. The van der Waals surface area contributed by atoms with E-state index >= 15 is 0 Å². The number of amides is 3. The molecule has 0 bridgehead atoms. The van der Waals surface area contributed by atoms with E-state index in [1.807, 2.05) is 0 Å². The summed E-state index contributed by atoms with van der Waals surface area (Å²) in [5.74, 6) is -4.68. The van der Waals surface area contributed by atoms with Crippen molar-refractivity contribution in [1.82, 2.24) is 16.0 Å². The van der Waals surface area contributed by atoms with Crippen molar-refractivity contribution in [3.8, 4) is 5.75 Å². The van der Waals surface area contributed by atoms with Gasteiger partial charge in [0.05, 0.1) is 6.04 Å². The van der Waals surface area contributed by atoms with Crippen LogP contribution >= 0.6 is 0 Å². The Bertz CT molecular complexity index is 1120. The SMILES string of the molecule is CC(NC(=O)C(N)Cc1ccc(O)cc1)C(=O)NC(Cc1ccccc1)C(=O)NC(CCC(=O)O)C(=O)O. The zero-order valence-corrected chi connectivity index (χ0v) is 20.8. The summed E-state index contributed by atoms with van der Waals surface area (Å²) in [6, 6.07) is 10.1. The van der Waals surface area contributed by atoms with Gasteiger partial charge in [-0.15, -0.1) is 0 Å². The Morgan fingerprint density at radius 1 is 0.763 bits per heavy atom. The highest BCUT2D eigenvalue weighted by atomic mass is 16.4. The van der Waals surface area contributed by atoms with Crippen molar-refractivity contribution in [3.05, 3.63) is 65.7 Å². The second-order valence-corrected chi connectivity index (χ2v) is 8.79. The van der Waals surface area contributed by atoms with Gasteiger partial charge in [0, 0.05) is 12.8 Å². The van der Waals surface area contributed by atoms with E-state index in [4.69, 9.17) is 10.8 Å². The van der Waals surface area contributed by atoms with Crippen molar-refractivity contribution in [1.29, 1.82) is 0 Å². The van der Waals surface area contributed by atoms with Gasteiger partial charge in [0.25, 0.3) is 0 Å². The van der Waals surface area contributed by atoms with Crippen molar-refractivity contribution in [3.63, 3.8) is 0 Å². The van der Waals surface area contributed by atoms with Crippen molar-refractivity contribution in [2.45, 2.75) is 56.8 Å². The molecule has 12 heteroatoms. The molecule has 0 saturated heterocycles. The molecule has 0 radical (unpaired) electrons. The molecule has 4 unspecified atom stereocenters. The van der Waals surface area contributed by atoms with E-state index in [-0.39, 0.29) is 25.0 Å². The Balaban J connectivity index is 2.06. The maximum absolute atomic E-state index is 13.0. The highest BCUT2D eigenvalue weighted by Gasteiger charge is 2.29. The maximum Gasteiger partial charge on any atom is 0.326 e. The number of nitrogens with one attached hydrogen (secondary N) is 3. The van der Waals surface area contributed by atoms with Crippen molar-refractivity contribution >= 4 is 29.7 Å². The Morgan fingerprint density at radius 3 is 1.92 bits per heavy atom. The molecule has 2 aromatic rings. The molecule has 0 saturated carbocycles. The largest absolute Gasteiger partial charge is 0.508 e. The number of hydrogen-bond acceptors (Lipinski definition) is 7. The lowest BCUT2D eigenvalue weighted by Crippen LogP contribution is -2.57. The molecular weight excluding hydrogens is 496 g/mol. The molecule has 0 aliphatic rings. The first kappa shape index (κ1) is 29.8. The van der Waals surface area contributed by atoms with Crippen molar-refractivity contribution in [2.24, 2.45) is 5.73 Å². The minimum atomic E-state index is -1.47. The van der Waals surface area contributed by atoms with Crippen LogP contribution in [0.4, 0.5) is 0 Å². The predicted octanol–water partition coefficient (Wildman–Crippen LogP) is -0.0716. The Morgan fingerprint density at radius 2 is 1.34 bits per heavy atom. The lowest BCUT2D eigenvalue weighted by Gasteiger charge is -2.24. The number of hydrogen-bond donors (Lipinski definition) is 7. The summed E-state index contributed by atoms with van der Waals surface area (Å²) in [4.78, 5) is 60.7. The summed E-state index contributed by atoms with van der Waals surface area (Å²) in [6.45, 7) is 1.41. The van der Waals surface area contributed by atoms with Gasteiger partial charge < -0.3 is 37.0 Å². The summed E-state index contributed by atoms with van der Waals surface area (Å²) in [5.41, 5.74) is 7.34. The fourth-order valence-electron chi connectivity index (χ4n) is 3.52. The first-order valence-corrected chi connectivity index (χ1v) is 11.9. The van der Waals surface area contributed by atoms with Gasteiger partial charge in [-0.25, -0.2) is 4.79 Å². The lowest BCUT2D eigenvalue weighted by atomic mass is 10.0. The van der Waals surface area contributed by atoms with Crippen LogP contribution in [0, 0.1) is 0 Å². The second kappa shape index (κ2) is 14.3. The van der Waals surface area contributed by atoms with E-state index in [9.17, 15) is 34.2 Å². The van der Waals surface area contributed by atoms with Crippen LogP contribution < -0.4 is 21.7 Å². The van der Waals surface area contributed by atoms with Gasteiger partial charge in [0.15, 0.2) is 0 Å². The van der Waals surface area contributed by atoms with E-state index in [1.165, 1.54) is 19.1 Å². The van der Waals surface area contributed by atoms with Gasteiger partial charge in [-0.05, 0) is 43.0 Å². The molecule has 0 aliphatic heterocycles. The molecule has 0 fully saturated rings. The molecule has 12 nitrogen and oxygen atoms in total. The normalized spacial score (nSPS) is 13.8. The molecule has 0 aromatic heterocycles. The second-order valence-electron chi connectivity index (χ2n) is 8.79. The van der Waals surface area contributed by atoms with Gasteiger partial charge in [-0.3, -0.25) is 19.2 Å². The molecule has 4 atom stereocenters. The number of phenols is 1. The van der Waals surface area contributed by atoms with Gasteiger partial charge in [-0.2, -0.15) is 0 Å². The third kappa shape index (κ3) is 9.90. The maximum atomic E-state index is 13.0. The lowest BCUT2D eigenvalue weighted by molar-refractivity contribution is -0.143. The third-order valence-corrected chi connectivity index (χ3v) is 5.66. The molecule has 0 heterocycles. The Labute approximate surface area is 219 Å². The average Bonchev–Trinajstić information content (AvgIpc) is 2.87. The summed E-state index contributed by atoms with van der Waals surface area (Å²) in [7, 11) is 0. The average molecular weight is 529 g/mol. The summed E-state index contributed by atoms with van der Waals surface area (Å²) in [5, 5.41) is 34.9. The molecule has 8 N–H and O–H groups in total. The van der Waals surface area contributed by atoms with Gasteiger partial charge >= 0.3 is 11.9 Å². The molecule has 0 spiro atoms. The van der Waals surface area contributed by atoms with E-state index in [1.54, 1.807) is 42.5 Å². The third-order valence-electron chi connectivity index (χ3n) is 5.66. The zero-order valence-electron chi connectivity index (χ0n) is 20.8. The fourth-order valence-corrected chi connectivity index (χ4v) is 3.52. The molecule has 3 amide bonds. The minimum absolute atomic E-state index is 0.0186. The Hall–Kier alpha value is -4.45. The first-order chi connectivity index (χ1) is 18.0. The quantitative estimate of drug-likeness (QED) is 0.175. The zero-order chi connectivity index (χ0) is 28.2. The molecular formula is C26H32N4O8. The van der Waals surface area contributed by atoms with Gasteiger partial charge in [0.1, 0.15) is 23.9 Å². The van der Waals surface area contributed by atoms with Crippen LogP contribution in [-0.2, 0) is 36.8 Å². The van der Waals surface area contributed by atoms with Crippen LogP contribution in [0.15, 0.2) is 54.6 Å². The van der Waals surface area contributed by atoms with Crippen LogP contribution in [0.2, 0.25) is 0 Å². The number of carboxylic acids is 2. The standard InChI is InChI=1S/C26H32N4O8/c1-15(28-24(35)19(27)13-17-7-9-18(31)10-8-17)23(34)30-21(14-16-5-3-2-4-6-16)25(36)29-20(26(37)38)11-12-22(32)33/h2-10,15,19-21,31H,11-14,27H2,1H3,(H,28,35)(H,29,36)(H,30,34)(H,32,33)(H,37,38). The Kier molecular flexibility index (Phi) is 11.2. The number of aromatic hydroxyl groups is 1. The number of rotatable bonds is 14. The molecule has 38 heavy (non-hydrogen) atoms. The van der Waals surface area contributed by atoms with Gasteiger partial charge in [0.2, 0.25) is 17.7 Å². The number of carboxylic acid groups (broad SMARTS) is 2. The number of carbonyl (C=O) groups is 5. The van der Waals surface area contributed by atoms with Crippen molar-refractivity contribution < 1.29 is 39.3 Å². The van der Waals surface area contributed by atoms with Crippen LogP contribution in [-0.4, -0.2) is 69.1 Å².